The highest BCUT2D eigenvalue weighted by Crippen LogP contribution is 2.29. The summed E-state index contributed by atoms with van der Waals surface area (Å²) in [5.74, 6) is 1.06. The van der Waals surface area contributed by atoms with Gasteiger partial charge in [-0.05, 0) is 42.7 Å². The van der Waals surface area contributed by atoms with Gasteiger partial charge in [0.1, 0.15) is 5.82 Å². The van der Waals surface area contributed by atoms with E-state index in [9.17, 15) is 4.39 Å². The minimum atomic E-state index is -0.168. The van der Waals surface area contributed by atoms with E-state index in [-0.39, 0.29) is 11.9 Å². The summed E-state index contributed by atoms with van der Waals surface area (Å²) < 4.78 is 12.9. The minimum absolute atomic E-state index is 0.166. The normalized spacial score (nSPS) is 22.9. The van der Waals surface area contributed by atoms with E-state index in [4.69, 9.17) is 5.73 Å². The van der Waals surface area contributed by atoms with Crippen LogP contribution in [0.3, 0.4) is 0 Å². The van der Waals surface area contributed by atoms with Gasteiger partial charge in [0.25, 0.3) is 0 Å². The van der Waals surface area contributed by atoms with Gasteiger partial charge in [-0.2, -0.15) is 11.8 Å². The van der Waals surface area contributed by atoms with Crippen LogP contribution in [0.25, 0.3) is 0 Å². The third kappa shape index (κ3) is 2.95. The molecule has 0 aliphatic carbocycles. The van der Waals surface area contributed by atoms with Crippen LogP contribution in [-0.2, 0) is 6.42 Å². The third-order valence-corrected chi connectivity index (χ3v) is 4.34. The molecule has 1 aliphatic heterocycles. The summed E-state index contributed by atoms with van der Waals surface area (Å²) in [6.07, 6.45) is 3.27. The Bertz CT molecular complexity index is 323. The lowest BCUT2D eigenvalue weighted by Crippen LogP contribution is -2.33. The zero-order chi connectivity index (χ0) is 10.7. The Morgan fingerprint density at radius 3 is 3.07 bits per heavy atom. The van der Waals surface area contributed by atoms with Gasteiger partial charge >= 0.3 is 0 Å². The Kier molecular flexibility index (Phi) is 3.65. The van der Waals surface area contributed by atoms with Crippen molar-refractivity contribution in [1.29, 1.82) is 0 Å². The first-order valence-electron chi connectivity index (χ1n) is 5.37. The summed E-state index contributed by atoms with van der Waals surface area (Å²) in [4.78, 5) is 0. The number of hydrogen-bond acceptors (Lipinski definition) is 2. The Morgan fingerprint density at radius 1 is 1.53 bits per heavy atom. The predicted molar refractivity (Wildman–Crippen MR) is 63.6 cm³/mol. The second-order valence-corrected chi connectivity index (χ2v) is 5.40. The first kappa shape index (κ1) is 11.0. The molecule has 0 aromatic heterocycles. The fourth-order valence-corrected chi connectivity index (χ4v) is 3.32. The minimum Gasteiger partial charge on any atom is -0.326 e. The summed E-state index contributed by atoms with van der Waals surface area (Å²) in [6.45, 7) is 0. The molecule has 1 fully saturated rings. The van der Waals surface area contributed by atoms with Gasteiger partial charge in [-0.15, -0.1) is 0 Å². The number of rotatable bonds is 3. The van der Waals surface area contributed by atoms with Crippen molar-refractivity contribution in [2.45, 2.75) is 30.6 Å². The third-order valence-electron chi connectivity index (χ3n) is 2.80. The molecule has 1 heterocycles. The van der Waals surface area contributed by atoms with Crippen LogP contribution in [-0.4, -0.2) is 17.0 Å². The lowest BCUT2D eigenvalue weighted by Gasteiger charge is -2.18. The largest absolute Gasteiger partial charge is 0.326 e. The smallest absolute Gasteiger partial charge is 0.123 e. The van der Waals surface area contributed by atoms with Gasteiger partial charge in [0.2, 0.25) is 0 Å². The highest BCUT2D eigenvalue weighted by atomic mass is 32.2. The van der Waals surface area contributed by atoms with Crippen LogP contribution in [0.5, 0.6) is 0 Å². The summed E-state index contributed by atoms with van der Waals surface area (Å²) >= 11 is 1.96. The van der Waals surface area contributed by atoms with Crippen LogP contribution in [0.15, 0.2) is 24.3 Å². The molecule has 82 valence electrons. The maximum Gasteiger partial charge on any atom is 0.123 e. The topological polar surface area (TPSA) is 26.0 Å². The van der Waals surface area contributed by atoms with Crippen molar-refractivity contribution in [3.8, 4) is 0 Å². The Morgan fingerprint density at radius 2 is 2.40 bits per heavy atom. The first-order chi connectivity index (χ1) is 7.25. The van der Waals surface area contributed by atoms with Crippen LogP contribution in [0, 0.1) is 5.82 Å². The molecule has 2 N–H and O–H groups in total. The van der Waals surface area contributed by atoms with Gasteiger partial charge in [0.15, 0.2) is 0 Å². The lowest BCUT2D eigenvalue weighted by atomic mass is 10.0. The molecule has 1 aliphatic rings. The monoisotopic (exact) mass is 225 g/mol. The second-order valence-electron chi connectivity index (χ2n) is 4.05. The Hall–Kier alpha value is -0.540. The zero-order valence-electron chi connectivity index (χ0n) is 8.66. The van der Waals surface area contributed by atoms with Crippen molar-refractivity contribution in [1.82, 2.24) is 0 Å². The van der Waals surface area contributed by atoms with Crippen LogP contribution in [0.2, 0.25) is 0 Å². The lowest BCUT2D eigenvalue weighted by molar-refractivity contribution is 0.598. The molecule has 3 heteroatoms. The van der Waals surface area contributed by atoms with Crippen molar-refractivity contribution in [3.05, 3.63) is 35.6 Å². The molecule has 2 unspecified atom stereocenters. The van der Waals surface area contributed by atoms with Gasteiger partial charge in [0.05, 0.1) is 0 Å². The standard InChI is InChI=1S/C12H16FNS/c13-10-4-1-3-9(7-10)8-11(14)12-5-2-6-15-12/h1,3-4,7,11-12H,2,5-6,8,14H2. The summed E-state index contributed by atoms with van der Waals surface area (Å²) in [7, 11) is 0. The highest BCUT2D eigenvalue weighted by Gasteiger charge is 2.22. The van der Waals surface area contributed by atoms with E-state index >= 15 is 0 Å². The van der Waals surface area contributed by atoms with Crippen LogP contribution in [0.1, 0.15) is 18.4 Å². The first-order valence-corrected chi connectivity index (χ1v) is 6.42. The van der Waals surface area contributed by atoms with E-state index in [1.165, 1.54) is 24.7 Å². The molecule has 1 saturated heterocycles. The van der Waals surface area contributed by atoms with Crippen molar-refractivity contribution in [2.24, 2.45) is 5.73 Å². The van der Waals surface area contributed by atoms with Crippen molar-refractivity contribution < 1.29 is 4.39 Å². The number of benzene rings is 1. The van der Waals surface area contributed by atoms with E-state index in [0.717, 1.165) is 12.0 Å². The molecular formula is C12H16FNS. The van der Waals surface area contributed by atoms with Gasteiger partial charge in [-0.1, -0.05) is 12.1 Å². The van der Waals surface area contributed by atoms with Crippen molar-refractivity contribution in [2.75, 3.05) is 5.75 Å². The fourth-order valence-electron chi connectivity index (χ4n) is 2.01. The van der Waals surface area contributed by atoms with Gasteiger partial charge in [0, 0.05) is 11.3 Å². The molecule has 0 amide bonds. The number of hydrogen-bond donors (Lipinski definition) is 1. The molecule has 1 aromatic carbocycles. The van der Waals surface area contributed by atoms with E-state index in [2.05, 4.69) is 0 Å². The van der Waals surface area contributed by atoms with E-state index in [1.807, 2.05) is 17.8 Å². The predicted octanol–water partition coefficient (Wildman–Crippen LogP) is 2.59. The summed E-state index contributed by atoms with van der Waals surface area (Å²) in [6, 6.07) is 6.92. The van der Waals surface area contributed by atoms with Crippen LogP contribution < -0.4 is 5.73 Å². The molecular weight excluding hydrogens is 209 g/mol. The van der Waals surface area contributed by atoms with Crippen LogP contribution in [0.4, 0.5) is 4.39 Å². The zero-order valence-corrected chi connectivity index (χ0v) is 9.47. The summed E-state index contributed by atoms with van der Waals surface area (Å²) in [5, 5.41) is 0.563. The molecule has 1 nitrogen and oxygen atoms in total. The number of thioether (sulfide) groups is 1. The molecule has 15 heavy (non-hydrogen) atoms. The van der Waals surface area contributed by atoms with Crippen LogP contribution >= 0.6 is 11.8 Å². The Balaban J connectivity index is 1.95. The van der Waals surface area contributed by atoms with E-state index < -0.39 is 0 Å². The quantitative estimate of drug-likeness (QED) is 0.855. The molecule has 0 bridgehead atoms. The Labute approximate surface area is 94.2 Å². The van der Waals surface area contributed by atoms with Crippen molar-refractivity contribution >= 4 is 11.8 Å². The molecule has 2 atom stereocenters. The molecule has 0 spiro atoms. The van der Waals surface area contributed by atoms with Gasteiger partial charge in [-0.25, -0.2) is 4.39 Å². The van der Waals surface area contributed by atoms with Gasteiger partial charge in [-0.3, -0.25) is 0 Å². The van der Waals surface area contributed by atoms with E-state index in [0.29, 0.717) is 5.25 Å². The van der Waals surface area contributed by atoms with E-state index in [1.54, 1.807) is 12.1 Å². The molecule has 0 radical (unpaired) electrons. The second kappa shape index (κ2) is 4.99. The summed E-state index contributed by atoms with van der Waals surface area (Å²) in [5.41, 5.74) is 7.13. The number of halogens is 1. The molecule has 1 aromatic rings. The SMILES string of the molecule is NC(Cc1cccc(F)c1)C1CCCS1. The average Bonchev–Trinajstić information content (AvgIpc) is 2.70. The van der Waals surface area contributed by atoms with Crippen molar-refractivity contribution in [3.63, 3.8) is 0 Å². The number of nitrogens with two attached hydrogens (primary N) is 1. The molecule has 0 saturated carbocycles. The fraction of sp³-hybridized carbons (Fsp3) is 0.500. The maximum absolute atomic E-state index is 12.9. The van der Waals surface area contributed by atoms with Gasteiger partial charge < -0.3 is 5.73 Å². The molecule has 2 rings (SSSR count). The highest BCUT2D eigenvalue weighted by molar-refractivity contribution is 8.00. The maximum atomic E-state index is 12.9. The average molecular weight is 225 g/mol.